The van der Waals surface area contributed by atoms with Crippen molar-refractivity contribution in [3.63, 3.8) is 0 Å². The predicted molar refractivity (Wildman–Crippen MR) is 64.2 cm³/mol. The largest absolute Gasteiger partial charge is 0.488 e. The van der Waals surface area contributed by atoms with Crippen LogP contribution in [-0.4, -0.2) is 30.3 Å². The molecule has 4 nitrogen and oxygen atoms in total. The van der Waals surface area contributed by atoms with Gasteiger partial charge in [0.05, 0.1) is 0 Å². The predicted octanol–water partition coefficient (Wildman–Crippen LogP) is 1.69. The number of likely N-dealkylation sites (N-methyl/N-ethyl adjacent to an activating group) is 1. The summed E-state index contributed by atoms with van der Waals surface area (Å²) in [4.78, 5) is 10.8. The SMILES string of the molecule is CCN[C@@H](COc1ccccc1F)C(=O)O.Cl. The number of aliphatic carboxylic acids is 1. The summed E-state index contributed by atoms with van der Waals surface area (Å²) in [5, 5.41) is 11.5. The quantitative estimate of drug-likeness (QED) is 0.820. The molecule has 1 aromatic carbocycles. The summed E-state index contributed by atoms with van der Waals surface area (Å²) in [5.41, 5.74) is 0. The summed E-state index contributed by atoms with van der Waals surface area (Å²) in [6.45, 7) is 2.20. The maximum absolute atomic E-state index is 13.1. The van der Waals surface area contributed by atoms with E-state index in [0.29, 0.717) is 6.54 Å². The van der Waals surface area contributed by atoms with Crippen molar-refractivity contribution < 1.29 is 19.0 Å². The van der Waals surface area contributed by atoms with Gasteiger partial charge in [0.25, 0.3) is 0 Å². The number of hydrogen-bond donors (Lipinski definition) is 2. The van der Waals surface area contributed by atoms with E-state index in [9.17, 15) is 9.18 Å². The molecule has 0 saturated carbocycles. The number of halogens is 2. The first-order valence-electron chi connectivity index (χ1n) is 4.98. The number of carbonyl (C=O) groups is 1. The number of nitrogens with one attached hydrogen (secondary N) is 1. The zero-order valence-electron chi connectivity index (χ0n) is 9.35. The van der Waals surface area contributed by atoms with Crippen molar-refractivity contribution in [2.24, 2.45) is 0 Å². The number of rotatable bonds is 6. The van der Waals surface area contributed by atoms with E-state index in [1.807, 2.05) is 0 Å². The van der Waals surface area contributed by atoms with Crippen molar-refractivity contribution in [2.75, 3.05) is 13.2 Å². The van der Waals surface area contributed by atoms with Gasteiger partial charge >= 0.3 is 5.97 Å². The molecule has 0 heterocycles. The maximum atomic E-state index is 13.1. The van der Waals surface area contributed by atoms with Crippen LogP contribution in [0.15, 0.2) is 24.3 Å². The number of carboxylic acid groups (broad SMARTS) is 1. The summed E-state index contributed by atoms with van der Waals surface area (Å²) >= 11 is 0. The van der Waals surface area contributed by atoms with Crippen LogP contribution in [0.5, 0.6) is 5.75 Å². The fourth-order valence-electron chi connectivity index (χ4n) is 1.20. The monoisotopic (exact) mass is 263 g/mol. The molecule has 0 aliphatic carbocycles. The number of ether oxygens (including phenoxy) is 1. The molecule has 0 aliphatic rings. The summed E-state index contributed by atoms with van der Waals surface area (Å²) < 4.78 is 18.2. The van der Waals surface area contributed by atoms with Crippen LogP contribution >= 0.6 is 12.4 Å². The van der Waals surface area contributed by atoms with E-state index in [0.717, 1.165) is 0 Å². The first kappa shape index (κ1) is 15.7. The zero-order valence-corrected chi connectivity index (χ0v) is 10.2. The lowest BCUT2D eigenvalue weighted by molar-refractivity contribution is -0.140. The molecule has 0 fully saturated rings. The molecule has 2 N–H and O–H groups in total. The smallest absolute Gasteiger partial charge is 0.324 e. The van der Waals surface area contributed by atoms with Crippen molar-refractivity contribution in [3.05, 3.63) is 30.1 Å². The lowest BCUT2D eigenvalue weighted by Gasteiger charge is -2.14. The lowest BCUT2D eigenvalue weighted by Crippen LogP contribution is -2.41. The Morgan fingerprint density at radius 1 is 1.53 bits per heavy atom. The molecule has 1 rings (SSSR count). The van der Waals surface area contributed by atoms with Gasteiger partial charge in [-0.3, -0.25) is 4.79 Å². The van der Waals surface area contributed by atoms with Crippen molar-refractivity contribution in [2.45, 2.75) is 13.0 Å². The molecule has 0 bridgehead atoms. The molecule has 1 atom stereocenters. The second kappa shape index (κ2) is 7.86. The summed E-state index contributed by atoms with van der Waals surface area (Å²) in [7, 11) is 0. The summed E-state index contributed by atoms with van der Waals surface area (Å²) in [6.07, 6.45) is 0. The molecule has 0 saturated heterocycles. The van der Waals surface area contributed by atoms with E-state index in [2.05, 4.69) is 5.32 Å². The Kier molecular flexibility index (Phi) is 7.25. The Morgan fingerprint density at radius 2 is 2.18 bits per heavy atom. The third kappa shape index (κ3) is 5.01. The van der Waals surface area contributed by atoms with Gasteiger partial charge in [0.2, 0.25) is 0 Å². The first-order valence-corrected chi connectivity index (χ1v) is 4.98. The summed E-state index contributed by atoms with van der Waals surface area (Å²) in [5.74, 6) is -1.45. The standard InChI is InChI=1S/C11H14FNO3.ClH/c1-2-13-9(11(14)15)7-16-10-6-4-3-5-8(10)12;/h3-6,9,13H,2,7H2,1H3,(H,14,15);1H/t9-;/m0./s1. The Labute approximate surface area is 105 Å². The third-order valence-corrected chi connectivity index (χ3v) is 1.99. The van der Waals surface area contributed by atoms with Crippen LogP contribution in [0, 0.1) is 5.82 Å². The fourth-order valence-corrected chi connectivity index (χ4v) is 1.20. The molecule has 1 aromatic rings. The van der Waals surface area contributed by atoms with Crippen molar-refractivity contribution in [3.8, 4) is 5.75 Å². The molecule has 96 valence electrons. The normalized spacial score (nSPS) is 11.4. The van der Waals surface area contributed by atoms with Gasteiger partial charge in [-0.1, -0.05) is 19.1 Å². The minimum Gasteiger partial charge on any atom is -0.488 e. The van der Waals surface area contributed by atoms with Gasteiger partial charge < -0.3 is 15.2 Å². The van der Waals surface area contributed by atoms with Gasteiger partial charge in [-0.25, -0.2) is 4.39 Å². The maximum Gasteiger partial charge on any atom is 0.324 e. The van der Waals surface area contributed by atoms with Crippen LogP contribution in [0.25, 0.3) is 0 Å². The van der Waals surface area contributed by atoms with E-state index >= 15 is 0 Å². The van der Waals surface area contributed by atoms with E-state index in [-0.39, 0.29) is 24.8 Å². The summed E-state index contributed by atoms with van der Waals surface area (Å²) in [6, 6.07) is 5.06. The topological polar surface area (TPSA) is 58.6 Å². The van der Waals surface area contributed by atoms with Gasteiger partial charge in [-0.15, -0.1) is 12.4 Å². The Morgan fingerprint density at radius 3 is 2.71 bits per heavy atom. The number of para-hydroxylation sites is 1. The van der Waals surface area contributed by atoms with Crippen LogP contribution in [0.3, 0.4) is 0 Å². The zero-order chi connectivity index (χ0) is 12.0. The fraction of sp³-hybridized carbons (Fsp3) is 0.364. The Balaban J connectivity index is 0.00000256. The van der Waals surface area contributed by atoms with Gasteiger partial charge in [0.1, 0.15) is 12.6 Å². The molecule has 6 heteroatoms. The van der Waals surface area contributed by atoms with Crippen molar-refractivity contribution in [1.29, 1.82) is 0 Å². The molecular formula is C11H15ClFNO3. The van der Waals surface area contributed by atoms with Gasteiger partial charge in [0, 0.05) is 0 Å². The number of benzene rings is 1. The molecule has 17 heavy (non-hydrogen) atoms. The molecule has 0 unspecified atom stereocenters. The van der Waals surface area contributed by atoms with Crippen LogP contribution in [0.2, 0.25) is 0 Å². The highest BCUT2D eigenvalue weighted by Gasteiger charge is 2.17. The Bertz CT molecular complexity index is 362. The second-order valence-corrected chi connectivity index (χ2v) is 3.19. The third-order valence-electron chi connectivity index (χ3n) is 1.99. The van der Waals surface area contributed by atoms with Gasteiger partial charge in [-0.2, -0.15) is 0 Å². The lowest BCUT2D eigenvalue weighted by atomic mass is 10.3. The number of hydrogen-bond acceptors (Lipinski definition) is 3. The first-order chi connectivity index (χ1) is 7.65. The Hall–Kier alpha value is -1.33. The highest BCUT2D eigenvalue weighted by atomic mass is 35.5. The van der Waals surface area contributed by atoms with Crippen LogP contribution in [0.4, 0.5) is 4.39 Å². The molecule has 0 amide bonds. The van der Waals surface area contributed by atoms with E-state index in [4.69, 9.17) is 9.84 Å². The molecule has 0 aromatic heterocycles. The van der Waals surface area contributed by atoms with Crippen LogP contribution < -0.4 is 10.1 Å². The van der Waals surface area contributed by atoms with Gasteiger partial charge in [-0.05, 0) is 18.7 Å². The molecule has 0 spiro atoms. The highest BCUT2D eigenvalue weighted by molar-refractivity contribution is 5.85. The average molecular weight is 264 g/mol. The van der Waals surface area contributed by atoms with E-state index in [1.165, 1.54) is 12.1 Å². The molecule has 0 radical (unpaired) electrons. The van der Waals surface area contributed by atoms with E-state index in [1.54, 1.807) is 19.1 Å². The van der Waals surface area contributed by atoms with E-state index < -0.39 is 17.8 Å². The van der Waals surface area contributed by atoms with Crippen molar-refractivity contribution in [1.82, 2.24) is 5.32 Å². The van der Waals surface area contributed by atoms with Crippen LogP contribution in [0.1, 0.15) is 6.92 Å². The average Bonchev–Trinajstić information content (AvgIpc) is 2.26. The number of carboxylic acids is 1. The highest BCUT2D eigenvalue weighted by Crippen LogP contribution is 2.15. The second-order valence-electron chi connectivity index (χ2n) is 3.19. The minimum atomic E-state index is -1.02. The van der Waals surface area contributed by atoms with Crippen LogP contribution in [-0.2, 0) is 4.79 Å². The minimum absolute atomic E-state index is 0. The van der Waals surface area contributed by atoms with Gasteiger partial charge in [0.15, 0.2) is 11.6 Å². The molecule has 0 aliphatic heterocycles. The van der Waals surface area contributed by atoms with Crippen molar-refractivity contribution >= 4 is 18.4 Å². The molecular weight excluding hydrogens is 249 g/mol.